The van der Waals surface area contributed by atoms with E-state index in [0.717, 1.165) is 45.1 Å². The average Bonchev–Trinajstić information content (AvgIpc) is 0.829. The molecule has 0 spiro atoms. The summed E-state index contributed by atoms with van der Waals surface area (Å²) in [5.74, 6) is -3.36. The van der Waals surface area contributed by atoms with Crippen molar-refractivity contribution in [3.63, 3.8) is 0 Å². The van der Waals surface area contributed by atoms with Gasteiger partial charge in [-0.15, -0.1) is 0 Å². The van der Waals surface area contributed by atoms with Gasteiger partial charge in [0.1, 0.15) is 54.6 Å². The smallest absolute Gasteiger partial charge is 0.223 e. The van der Waals surface area contributed by atoms with Crippen LogP contribution in [0.4, 0.5) is 0 Å². The van der Waals surface area contributed by atoms with Crippen LogP contribution in [-0.4, -0.2) is 246 Å². The molecule has 3 rings (SSSR count). The predicted molar refractivity (Wildman–Crippen MR) is 372 cm³/mol. The van der Waals surface area contributed by atoms with Crippen molar-refractivity contribution in [3.05, 3.63) is 0 Å². The summed E-state index contributed by atoms with van der Waals surface area (Å²) in [6.45, 7) is 14.3. The van der Waals surface area contributed by atoms with Gasteiger partial charge in [0.25, 0.3) is 0 Å². The molecule has 0 aromatic rings. The molecule has 0 bridgehead atoms. The number of carbonyl (C=O) groups is 7. The number of ether oxygens (including phenoxy) is 7. The van der Waals surface area contributed by atoms with Crippen molar-refractivity contribution in [1.82, 2.24) is 26.6 Å². The van der Waals surface area contributed by atoms with Crippen molar-refractivity contribution in [2.45, 2.75) is 321 Å². The first-order valence-electron chi connectivity index (χ1n) is 37.3. The Morgan fingerprint density at radius 3 is 1.28 bits per heavy atom. The number of nitrogens with one attached hydrogen (secondary N) is 5. The van der Waals surface area contributed by atoms with Gasteiger partial charge < -0.3 is 106 Å². The van der Waals surface area contributed by atoms with Gasteiger partial charge >= 0.3 is 0 Å². The average molecular weight is 1440 g/mol. The van der Waals surface area contributed by atoms with E-state index in [1.165, 1.54) is 6.92 Å². The molecule has 8 unspecified atom stereocenters. The first-order chi connectivity index (χ1) is 47.7. The Morgan fingerprint density at radius 1 is 0.440 bits per heavy atom. The Bertz CT molecular complexity index is 2230. The lowest BCUT2D eigenvalue weighted by atomic mass is 9.91. The number of carbonyl (C=O) groups excluding carboxylic acids is 7. The number of unbranched alkanes of at least 4 members (excludes halogenated alkanes) is 14. The summed E-state index contributed by atoms with van der Waals surface area (Å²) in [5.41, 5.74) is 0.500. The van der Waals surface area contributed by atoms with E-state index in [2.05, 4.69) is 54.3 Å². The van der Waals surface area contributed by atoms with E-state index in [-0.39, 0.29) is 80.5 Å². The summed E-state index contributed by atoms with van der Waals surface area (Å²) in [6, 6.07) is -1.99. The second-order valence-corrected chi connectivity index (χ2v) is 28.9. The van der Waals surface area contributed by atoms with Crippen LogP contribution in [0.2, 0.25) is 0 Å². The minimum Gasteiger partial charge on any atom is -0.394 e. The molecule has 28 nitrogen and oxygen atoms in total. The van der Waals surface area contributed by atoms with Crippen LogP contribution in [0.1, 0.15) is 235 Å². The Kier molecular flexibility index (Phi) is 49.5. The molecule has 28 heteroatoms. The summed E-state index contributed by atoms with van der Waals surface area (Å²) in [6.07, 6.45) is 2.75. The fourth-order valence-electron chi connectivity index (χ4n) is 11.8. The van der Waals surface area contributed by atoms with Gasteiger partial charge in [0.05, 0.1) is 38.1 Å². The Morgan fingerprint density at radius 2 is 0.810 bits per heavy atom. The molecule has 3 aliphatic heterocycles. The first kappa shape index (κ1) is 92.1. The maximum atomic E-state index is 14.4. The van der Waals surface area contributed by atoms with Gasteiger partial charge in [-0.2, -0.15) is 0 Å². The Labute approximate surface area is 594 Å². The van der Waals surface area contributed by atoms with Crippen molar-refractivity contribution in [2.75, 3.05) is 73.0 Å². The van der Waals surface area contributed by atoms with Crippen molar-refractivity contribution in [1.29, 1.82) is 0 Å². The molecule has 3 saturated heterocycles. The molecular formula is C72H133N5O23. The monoisotopic (exact) mass is 1440 g/mol. The summed E-state index contributed by atoms with van der Waals surface area (Å²) >= 11 is 0. The molecule has 5 amide bonds. The molecule has 17 atom stereocenters. The van der Waals surface area contributed by atoms with Gasteiger partial charge in [0, 0.05) is 116 Å². The zero-order valence-electron chi connectivity index (χ0n) is 61.6. The van der Waals surface area contributed by atoms with E-state index in [4.69, 9.17) is 33.2 Å². The quantitative estimate of drug-likeness (QED) is 0.0386. The molecule has 100 heavy (non-hydrogen) atoms. The Hall–Kier alpha value is -3.95. The van der Waals surface area contributed by atoms with E-state index in [9.17, 15) is 79.5 Å². The molecule has 0 radical (unpaired) electrons. The third kappa shape index (κ3) is 39.8. The van der Waals surface area contributed by atoms with Gasteiger partial charge in [0.15, 0.2) is 24.7 Å². The van der Waals surface area contributed by atoms with Crippen molar-refractivity contribution < 1.29 is 113 Å². The highest BCUT2D eigenvalue weighted by molar-refractivity contribution is 5.92. The third-order valence-electron chi connectivity index (χ3n) is 17.9. The zero-order chi connectivity index (χ0) is 74.4. The lowest BCUT2D eigenvalue weighted by Crippen LogP contribution is -2.64. The lowest BCUT2D eigenvalue weighted by molar-refractivity contribution is -0.282. The maximum Gasteiger partial charge on any atom is 0.223 e. The second-order valence-electron chi connectivity index (χ2n) is 28.9. The highest BCUT2D eigenvalue weighted by Gasteiger charge is 2.46. The van der Waals surface area contributed by atoms with Crippen LogP contribution in [0.3, 0.4) is 0 Å². The molecule has 0 aliphatic carbocycles. The summed E-state index contributed by atoms with van der Waals surface area (Å²) in [5, 5.41) is 105. The molecular weight excluding hydrogens is 1300 g/mol. The molecule has 0 aromatic carbocycles. The van der Waals surface area contributed by atoms with Crippen LogP contribution in [0.25, 0.3) is 0 Å². The predicted octanol–water partition coefficient (Wildman–Crippen LogP) is 3.73. The number of amides is 5. The number of hydrogen-bond acceptors (Lipinski definition) is 23. The van der Waals surface area contributed by atoms with Crippen molar-refractivity contribution in [3.8, 4) is 0 Å². The molecule has 0 aromatic heterocycles. The number of ketones is 2. The Balaban J connectivity index is 0.00000655. The summed E-state index contributed by atoms with van der Waals surface area (Å²) < 4.78 is 39.4. The minimum atomic E-state index is -1.43. The number of methoxy groups -OCH3 is 1. The molecule has 584 valence electrons. The van der Waals surface area contributed by atoms with Crippen molar-refractivity contribution in [2.24, 2.45) is 23.2 Å². The second kappa shape index (κ2) is 53.8. The maximum absolute atomic E-state index is 14.4. The number of Topliss-reactive ketones (excluding diaryl/α,β-unsaturated/α-hetero) is 2. The van der Waals surface area contributed by atoms with Crippen LogP contribution < -0.4 is 26.6 Å². The van der Waals surface area contributed by atoms with Crippen LogP contribution in [0, 0.1) is 23.2 Å². The number of aliphatic hydroxyl groups excluding tert-OH is 9. The fourth-order valence-corrected chi connectivity index (χ4v) is 11.8. The van der Waals surface area contributed by atoms with Crippen molar-refractivity contribution >= 4 is 41.1 Å². The fraction of sp³-hybridized carbons (Fsp3) is 0.903. The standard InChI is InChI=1S/C67H121N5O23.C5H12/c1-44-58(82)60(84)51(41-73)93-65(44)90-37-23-9-14-30-55(80)69-34-21-18-29-49(72-56(81)32-16-11-24-38-91-66-45(2)59(83)61(85)52(42-74)94-66)50(78)40-47(64(88)70-35-19-8-13-28-48(77)27-12-6-5-7-22-36-89-4)26-17-20-33-68-54(79)31-15-10-25-39-92-67-57(71-46(3)76)63(87)62(86)53(43-75)95-67;1-5(2,3)4/h44-45,47,49,51-53,57-63,65-67,73-75,82-87H,5-43H2,1-4H3,(H,68,79)(H,69,80)(H,70,88)(H,71,76)(H,72,81);1-4H3/t44?,45?,47?,49?,51?,52?,53?,57?,58-,59-,60+,61+,62+,63-,65-,66-,67-;/m1./s1. The minimum absolute atomic E-state index is 0.0949. The van der Waals surface area contributed by atoms with E-state index >= 15 is 0 Å². The van der Waals surface area contributed by atoms with E-state index in [0.29, 0.717) is 147 Å². The molecule has 0 saturated carbocycles. The SMILES string of the molecule is CC(C)(C)C.COCCCCCCCC(=O)CCCCCNC(=O)C(CCCCNC(=O)CCCCCO[C@@H]1OC(CO)[C@H](O)[C@H](O)C1NC(C)=O)CC(=O)C(CCCCNC(=O)CCCCCO[C@@H]1OC(CO)[C@H](O)[C@H](O)C1C)NC(=O)CCCCCO[C@@H]1OC(CO)[C@H](O)[C@H](O)C1C. The summed E-state index contributed by atoms with van der Waals surface area (Å²) in [7, 11) is 1.69. The zero-order valence-corrected chi connectivity index (χ0v) is 61.6. The normalized spacial score (nSPS) is 25.9. The highest BCUT2D eigenvalue weighted by Crippen LogP contribution is 2.29. The topological polar surface area (TPSA) is 426 Å². The van der Waals surface area contributed by atoms with Crippen LogP contribution in [-0.2, 0) is 66.7 Å². The van der Waals surface area contributed by atoms with E-state index in [1.54, 1.807) is 21.0 Å². The lowest BCUT2D eigenvalue weighted by Gasteiger charge is -2.42. The van der Waals surface area contributed by atoms with Gasteiger partial charge in [-0.05, 0) is 102 Å². The third-order valence-corrected chi connectivity index (χ3v) is 17.9. The number of aliphatic hydroxyl groups is 9. The van der Waals surface area contributed by atoms with Gasteiger partial charge in [-0.25, -0.2) is 0 Å². The number of hydrogen-bond donors (Lipinski definition) is 14. The van der Waals surface area contributed by atoms with Crippen LogP contribution in [0.15, 0.2) is 0 Å². The van der Waals surface area contributed by atoms with Gasteiger partial charge in [-0.3, -0.25) is 33.6 Å². The van der Waals surface area contributed by atoms with E-state index < -0.39 is 129 Å². The highest BCUT2D eigenvalue weighted by atomic mass is 16.7. The van der Waals surface area contributed by atoms with Crippen LogP contribution in [0.5, 0.6) is 0 Å². The number of rotatable bonds is 54. The molecule has 3 fully saturated rings. The van der Waals surface area contributed by atoms with Gasteiger partial charge in [0.2, 0.25) is 29.5 Å². The first-order valence-corrected chi connectivity index (χ1v) is 37.3. The molecule has 3 heterocycles. The summed E-state index contributed by atoms with van der Waals surface area (Å²) in [4.78, 5) is 92.0. The largest absolute Gasteiger partial charge is 0.394 e. The molecule has 14 N–H and O–H groups in total. The van der Waals surface area contributed by atoms with Crippen LogP contribution >= 0.6 is 0 Å². The van der Waals surface area contributed by atoms with Gasteiger partial charge in [-0.1, -0.05) is 92.9 Å². The molecule has 3 aliphatic rings. The van der Waals surface area contributed by atoms with E-state index in [1.807, 2.05) is 0 Å².